The Morgan fingerprint density at radius 2 is 1.72 bits per heavy atom. The minimum absolute atomic E-state index is 0.0195. The molecule has 0 aliphatic carbocycles. The third kappa shape index (κ3) is 4.05. The first-order valence-electron chi connectivity index (χ1n) is 11.2. The summed E-state index contributed by atoms with van der Waals surface area (Å²) in [6.07, 6.45) is 1.69. The Morgan fingerprint density at radius 3 is 2.41 bits per heavy atom. The predicted molar refractivity (Wildman–Crippen MR) is 129 cm³/mol. The van der Waals surface area contributed by atoms with E-state index in [1.807, 2.05) is 6.07 Å². The number of rotatable bonds is 7. The van der Waals surface area contributed by atoms with Crippen LogP contribution in [0.4, 0.5) is 0 Å². The Bertz CT molecular complexity index is 1130. The molecule has 1 amide bonds. The molecule has 1 aliphatic heterocycles. The van der Waals surface area contributed by atoms with Crippen molar-refractivity contribution in [3.63, 3.8) is 0 Å². The predicted octanol–water partition coefficient (Wildman–Crippen LogP) is 4.98. The second kappa shape index (κ2) is 9.21. The quantitative estimate of drug-likeness (QED) is 0.572. The zero-order chi connectivity index (χ0) is 22.8. The summed E-state index contributed by atoms with van der Waals surface area (Å²) in [4.78, 5) is 15.4. The fourth-order valence-electron chi connectivity index (χ4n) is 4.91. The number of fused-ring (bicyclic) bond motifs is 2. The van der Waals surface area contributed by atoms with Crippen LogP contribution in [0.5, 0.6) is 11.5 Å². The van der Waals surface area contributed by atoms with Crippen molar-refractivity contribution in [3.05, 3.63) is 71.3 Å². The van der Waals surface area contributed by atoms with Crippen molar-refractivity contribution in [2.75, 3.05) is 21.3 Å². The van der Waals surface area contributed by atoms with Crippen molar-refractivity contribution in [2.45, 2.75) is 44.8 Å². The summed E-state index contributed by atoms with van der Waals surface area (Å²) in [7, 11) is 5.37. The third-order valence-electron chi connectivity index (χ3n) is 6.88. The Labute approximate surface area is 190 Å². The van der Waals surface area contributed by atoms with E-state index in [2.05, 4.69) is 73.6 Å². The van der Waals surface area contributed by atoms with Gasteiger partial charge in [0.2, 0.25) is 0 Å². The number of benzene rings is 3. The van der Waals surface area contributed by atoms with Crippen LogP contribution in [-0.4, -0.2) is 44.2 Å². The van der Waals surface area contributed by atoms with Gasteiger partial charge in [-0.05, 0) is 66.9 Å². The monoisotopic (exact) mass is 432 g/mol. The number of methoxy groups -OCH3 is 2. The van der Waals surface area contributed by atoms with Gasteiger partial charge in [0.15, 0.2) is 11.5 Å². The highest BCUT2D eigenvalue weighted by atomic mass is 16.5. The van der Waals surface area contributed by atoms with Gasteiger partial charge in [0.05, 0.1) is 14.2 Å². The Hall–Kier alpha value is -3.05. The molecule has 0 saturated carbocycles. The lowest BCUT2D eigenvalue weighted by Gasteiger charge is -2.40. The van der Waals surface area contributed by atoms with Gasteiger partial charge in [-0.25, -0.2) is 0 Å². The van der Waals surface area contributed by atoms with E-state index in [4.69, 9.17) is 9.47 Å². The maximum absolute atomic E-state index is 13.0. The fourth-order valence-corrected chi connectivity index (χ4v) is 4.91. The van der Waals surface area contributed by atoms with Gasteiger partial charge in [-0.15, -0.1) is 0 Å². The van der Waals surface area contributed by atoms with Crippen molar-refractivity contribution in [1.82, 2.24) is 10.2 Å². The summed E-state index contributed by atoms with van der Waals surface area (Å²) < 4.78 is 10.9. The van der Waals surface area contributed by atoms with Crippen molar-refractivity contribution in [3.8, 4) is 11.5 Å². The highest BCUT2D eigenvalue weighted by Crippen LogP contribution is 2.34. The molecule has 3 aromatic carbocycles. The summed E-state index contributed by atoms with van der Waals surface area (Å²) >= 11 is 0. The van der Waals surface area contributed by atoms with E-state index < -0.39 is 0 Å². The van der Waals surface area contributed by atoms with Gasteiger partial charge in [0.25, 0.3) is 5.91 Å². The van der Waals surface area contributed by atoms with Gasteiger partial charge in [0, 0.05) is 23.7 Å². The second-order valence-electron chi connectivity index (χ2n) is 8.57. The molecule has 0 saturated heterocycles. The van der Waals surface area contributed by atoms with Crippen LogP contribution >= 0.6 is 0 Å². The number of nitrogens with one attached hydrogen (secondary N) is 1. The number of carbonyl (C=O) groups is 1. The van der Waals surface area contributed by atoms with E-state index in [1.165, 1.54) is 16.3 Å². The molecule has 0 bridgehead atoms. The third-order valence-corrected chi connectivity index (χ3v) is 6.88. The molecule has 168 valence electrons. The van der Waals surface area contributed by atoms with Crippen LogP contribution in [0.15, 0.2) is 54.6 Å². The van der Waals surface area contributed by atoms with Crippen molar-refractivity contribution < 1.29 is 14.3 Å². The molecule has 0 radical (unpaired) electrons. The average molecular weight is 433 g/mol. The van der Waals surface area contributed by atoms with E-state index in [0.29, 0.717) is 17.1 Å². The van der Waals surface area contributed by atoms with Gasteiger partial charge in [-0.2, -0.15) is 0 Å². The number of hydrogen-bond acceptors (Lipinski definition) is 4. The van der Waals surface area contributed by atoms with E-state index >= 15 is 0 Å². The molecule has 32 heavy (non-hydrogen) atoms. The van der Waals surface area contributed by atoms with E-state index in [1.54, 1.807) is 20.3 Å². The first-order chi connectivity index (χ1) is 15.5. The smallest absolute Gasteiger partial charge is 0.251 e. The second-order valence-corrected chi connectivity index (χ2v) is 8.57. The Balaban J connectivity index is 1.59. The normalized spacial score (nSPS) is 17.6. The number of likely N-dealkylation sites (N-methyl/N-ethyl adjacent to an activating group) is 1. The highest BCUT2D eigenvalue weighted by Gasteiger charge is 2.34. The van der Waals surface area contributed by atoms with Crippen molar-refractivity contribution >= 4 is 16.7 Å². The number of nitrogens with zero attached hydrogens (tertiary/aromatic N) is 1. The maximum Gasteiger partial charge on any atom is 0.251 e. The summed E-state index contributed by atoms with van der Waals surface area (Å²) in [6, 6.07) is 19.3. The van der Waals surface area contributed by atoms with Crippen LogP contribution < -0.4 is 14.8 Å². The molecule has 1 N–H and O–H groups in total. The van der Waals surface area contributed by atoms with Crippen LogP contribution in [0.25, 0.3) is 10.8 Å². The fraction of sp³-hybridized carbons (Fsp3) is 0.370. The maximum atomic E-state index is 13.0. The number of hydrogen-bond donors (Lipinski definition) is 1. The van der Waals surface area contributed by atoms with Gasteiger partial charge in [0.1, 0.15) is 0 Å². The molecule has 4 rings (SSSR count). The molecule has 1 aliphatic rings. The SMILES string of the molecule is CCC(C1Cc2cc(OC)c(OC)cc2C(=O)N1)N(C)C(C)c1ccc2ccccc2c1. The van der Waals surface area contributed by atoms with Crippen LogP contribution in [0.2, 0.25) is 0 Å². The lowest BCUT2D eigenvalue weighted by atomic mass is 9.88. The van der Waals surface area contributed by atoms with E-state index in [-0.39, 0.29) is 24.0 Å². The highest BCUT2D eigenvalue weighted by molar-refractivity contribution is 5.98. The van der Waals surface area contributed by atoms with Crippen molar-refractivity contribution in [2.24, 2.45) is 0 Å². The first kappa shape index (κ1) is 22.2. The minimum atomic E-state index is -0.0533. The van der Waals surface area contributed by atoms with Crippen LogP contribution in [0.1, 0.15) is 47.8 Å². The molecule has 5 heteroatoms. The largest absolute Gasteiger partial charge is 0.493 e. The molecule has 3 aromatic rings. The number of amides is 1. The van der Waals surface area contributed by atoms with Crippen LogP contribution in [0.3, 0.4) is 0 Å². The number of carbonyl (C=O) groups excluding carboxylic acids is 1. The summed E-state index contributed by atoms with van der Waals surface area (Å²) in [5.41, 5.74) is 2.94. The topological polar surface area (TPSA) is 50.8 Å². The molecule has 0 fully saturated rings. The summed E-state index contributed by atoms with van der Waals surface area (Å²) in [6.45, 7) is 4.42. The lowest BCUT2D eigenvalue weighted by molar-refractivity contribution is 0.0848. The van der Waals surface area contributed by atoms with Gasteiger partial charge in [-0.3, -0.25) is 9.69 Å². The standard InChI is InChI=1S/C27H32N2O3/c1-6-24(29(3)17(2)19-12-11-18-9-7-8-10-20(18)13-19)23-14-21-15-25(31-4)26(32-5)16-22(21)27(30)28-23/h7-13,15-17,23-24H,6,14H2,1-5H3,(H,28,30). The molecule has 0 spiro atoms. The average Bonchev–Trinajstić information content (AvgIpc) is 2.82. The molecule has 5 nitrogen and oxygen atoms in total. The van der Waals surface area contributed by atoms with E-state index in [0.717, 1.165) is 18.4 Å². The minimum Gasteiger partial charge on any atom is -0.493 e. The summed E-state index contributed by atoms with van der Waals surface area (Å²) in [5.74, 6) is 1.18. The van der Waals surface area contributed by atoms with Gasteiger partial charge >= 0.3 is 0 Å². The Morgan fingerprint density at radius 1 is 1.03 bits per heavy atom. The van der Waals surface area contributed by atoms with Gasteiger partial charge < -0.3 is 14.8 Å². The van der Waals surface area contributed by atoms with Gasteiger partial charge in [-0.1, -0.05) is 43.3 Å². The Kier molecular flexibility index (Phi) is 6.38. The lowest BCUT2D eigenvalue weighted by Crippen LogP contribution is -2.54. The first-order valence-corrected chi connectivity index (χ1v) is 11.2. The van der Waals surface area contributed by atoms with E-state index in [9.17, 15) is 4.79 Å². The molecular weight excluding hydrogens is 400 g/mol. The molecular formula is C27H32N2O3. The number of ether oxygens (including phenoxy) is 2. The zero-order valence-corrected chi connectivity index (χ0v) is 19.5. The molecule has 3 unspecified atom stereocenters. The molecule has 3 atom stereocenters. The van der Waals surface area contributed by atoms with Crippen LogP contribution in [0, 0.1) is 0 Å². The molecule has 1 heterocycles. The zero-order valence-electron chi connectivity index (χ0n) is 19.5. The summed E-state index contributed by atoms with van der Waals surface area (Å²) in [5, 5.41) is 5.75. The van der Waals surface area contributed by atoms with Crippen molar-refractivity contribution in [1.29, 1.82) is 0 Å². The molecule has 0 aromatic heterocycles. The van der Waals surface area contributed by atoms with Crippen LogP contribution in [-0.2, 0) is 6.42 Å².